The van der Waals surface area contributed by atoms with Crippen molar-refractivity contribution in [2.75, 3.05) is 26.1 Å². The molecule has 0 saturated carbocycles. The van der Waals surface area contributed by atoms with Gasteiger partial charge in [0.2, 0.25) is 5.75 Å². The van der Waals surface area contributed by atoms with Crippen LogP contribution in [0.5, 0.6) is 17.2 Å². The molecule has 2 atom stereocenters. The van der Waals surface area contributed by atoms with Gasteiger partial charge in [-0.1, -0.05) is 18.2 Å². The molecular formula is C18H19NO4. The average Bonchev–Trinajstić information content (AvgIpc) is 3.11. The van der Waals surface area contributed by atoms with E-state index in [2.05, 4.69) is 17.4 Å². The first-order chi connectivity index (χ1) is 11.2. The first-order valence-electron chi connectivity index (χ1n) is 7.64. The molecule has 2 aliphatic rings. The molecule has 2 aromatic carbocycles. The fourth-order valence-electron chi connectivity index (χ4n) is 3.84. The van der Waals surface area contributed by atoms with Gasteiger partial charge in [0, 0.05) is 5.69 Å². The molecule has 2 N–H and O–H groups in total. The molecule has 5 nitrogen and oxygen atoms in total. The molecule has 1 saturated heterocycles. The Balaban J connectivity index is 1.94. The number of hydrogen-bond donors (Lipinski definition) is 2. The molecule has 0 aromatic heterocycles. The van der Waals surface area contributed by atoms with Gasteiger partial charge < -0.3 is 24.6 Å². The zero-order valence-electron chi connectivity index (χ0n) is 13.1. The van der Waals surface area contributed by atoms with Gasteiger partial charge in [-0.25, -0.2) is 0 Å². The third-order valence-corrected chi connectivity index (χ3v) is 4.90. The van der Waals surface area contributed by atoms with Gasteiger partial charge in [-0.05, 0) is 35.7 Å². The van der Waals surface area contributed by atoms with Crippen molar-refractivity contribution < 1.29 is 19.3 Å². The Morgan fingerprint density at radius 1 is 1.22 bits per heavy atom. The van der Waals surface area contributed by atoms with Crippen LogP contribution in [0, 0.1) is 0 Å². The van der Waals surface area contributed by atoms with E-state index in [0.29, 0.717) is 18.1 Å². The largest absolute Gasteiger partial charge is 0.504 e. The molecule has 4 rings (SSSR count). The molecule has 0 aliphatic carbocycles. The van der Waals surface area contributed by atoms with E-state index in [0.717, 1.165) is 17.7 Å². The minimum absolute atomic E-state index is 0.0752. The number of rotatable bonds is 3. The highest BCUT2D eigenvalue weighted by atomic mass is 16.5. The predicted octanol–water partition coefficient (Wildman–Crippen LogP) is 2.87. The van der Waals surface area contributed by atoms with Crippen molar-refractivity contribution >= 4 is 5.69 Å². The third kappa shape index (κ3) is 1.83. The van der Waals surface area contributed by atoms with E-state index < -0.39 is 0 Å². The normalized spacial score (nSPS) is 24.7. The van der Waals surface area contributed by atoms with Crippen LogP contribution in [-0.2, 0) is 10.2 Å². The number of phenolic OH excluding ortho intramolecular Hbond substituents is 1. The molecule has 2 heterocycles. The second kappa shape index (κ2) is 5.06. The van der Waals surface area contributed by atoms with Crippen LogP contribution in [0.3, 0.4) is 0 Å². The fourth-order valence-corrected chi connectivity index (χ4v) is 3.84. The maximum absolute atomic E-state index is 10.4. The Morgan fingerprint density at radius 2 is 2.04 bits per heavy atom. The van der Waals surface area contributed by atoms with Crippen LogP contribution < -0.4 is 14.8 Å². The van der Waals surface area contributed by atoms with Crippen molar-refractivity contribution in [3.8, 4) is 17.2 Å². The zero-order valence-corrected chi connectivity index (χ0v) is 13.1. The molecule has 0 bridgehead atoms. The molecule has 5 heteroatoms. The summed E-state index contributed by atoms with van der Waals surface area (Å²) < 4.78 is 16.6. The van der Waals surface area contributed by atoms with Gasteiger partial charge in [0.25, 0.3) is 0 Å². The van der Waals surface area contributed by atoms with E-state index in [4.69, 9.17) is 14.2 Å². The highest BCUT2D eigenvalue weighted by Gasteiger charge is 2.52. The zero-order chi connectivity index (χ0) is 16.0. The summed E-state index contributed by atoms with van der Waals surface area (Å²) in [5, 5.41) is 13.8. The Labute approximate surface area is 134 Å². The minimum Gasteiger partial charge on any atom is -0.504 e. The molecule has 0 radical (unpaired) electrons. The van der Waals surface area contributed by atoms with Crippen molar-refractivity contribution in [3.05, 3.63) is 47.5 Å². The van der Waals surface area contributed by atoms with Crippen molar-refractivity contribution in [1.82, 2.24) is 0 Å². The first kappa shape index (κ1) is 14.2. The van der Waals surface area contributed by atoms with E-state index in [1.54, 1.807) is 13.2 Å². The van der Waals surface area contributed by atoms with Crippen LogP contribution in [-0.4, -0.2) is 32.2 Å². The van der Waals surface area contributed by atoms with Crippen molar-refractivity contribution in [3.63, 3.8) is 0 Å². The summed E-state index contributed by atoms with van der Waals surface area (Å²) >= 11 is 0. The number of para-hydroxylation sites is 1. The van der Waals surface area contributed by atoms with E-state index in [1.165, 1.54) is 12.7 Å². The SMILES string of the molecule is COc1cc([C@]23CCO[C@H]2Nc2ccccc23)cc(O)c1OC. The number of aromatic hydroxyl groups is 1. The molecule has 23 heavy (non-hydrogen) atoms. The number of anilines is 1. The van der Waals surface area contributed by atoms with Gasteiger partial charge in [0.15, 0.2) is 11.5 Å². The van der Waals surface area contributed by atoms with Gasteiger partial charge in [-0.3, -0.25) is 0 Å². The summed E-state index contributed by atoms with van der Waals surface area (Å²) in [4.78, 5) is 0. The van der Waals surface area contributed by atoms with Gasteiger partial charge in [-0.2, -0.15) is 0 Å². The number of ether oxygens (including phenoxy) is 3. The Morgan fingerprint density at radius 3 is 2.83 bits per heavy atom. The van der Waals surface area contributed by atoms with Gasteiger partial charge in [-0.15, -0.1) is 0 Å². The summed E-state index contributed by atoms with van der Waals surface area (Å²) in [5.41, 5.74) is 2.90. The smallest absolute Gasteiger partial charge is 0.203 e. The quantitative estimate of drug-likeness (QED) is 0.912. The Bertz CT molecular complexity index is 761. The van der Waals surface area contributed by atoms with Gasteiger partial charge >= 0.3 is 0 Å². The fraction of sp³-hybridized carbons (Fsp3) is 0.333. The molecule has 2 aromatic rings. The highest BCUT2D eigenvalue weighted by molar-refractivity contribution is 5.68. The van der Waals surface area contributed by atoms with E-state index in [1.807, 2.05) is 18.2 Å². The lowest BCUT2D eigenvalue weighted by atomic mass is 9.73. The van der Waals surface area contributed by atoms with Crippen LogP contribution in [0.25, 0.3) is 0 Å². The predicted molar refractivity (Wildman–Crippen MR) is 86.4 cm³/mol. The summed E-state index contributed by atoms with van der Waals surface area (Å²) in [5.74, 6) is 0.945. The molecular weight excluding hydrogens is 294 g/mol. The summed E-state index contributed by atoms with van der Waals surface area (Å²) in [6.07, 6.45) is 0.703. The van der Waals surface area contributed by atoms with Crippen LogP contribution in [0.2, 0.25) is 0 Å². The number of fused-ring (bicyclic) bond motifs is 3. The maximum atomic E-state index is 10.4. The molecule has 0 unspecified atom stereocenters. The maximum Gasteiger partial charge on any atom is 0.203 e. The number of methoxy groups -OCH3 is 2. The third-order valence-electron chi connectivity index (χ3n) is 4.90. The van der Waals surface area contributed by atoms with Crippen molar-refractivity contribution in [1.29, 1.82) is 0 Å². The van der Waals surface area contributed by atoms with E-state index in [9.17, 15) is 5.11 Å². The summed E-state index contributed by atoms with van der Waals surface area (Å²) in [6.45, 7) is 0.668. The Kier molecular flexibility index (Phi) is 3.13. The second-order valence-corrected chi connectivity index (χ2v) is 5.89. The average molecular weight is 313 g/mol. The molecule has 0 spiro atoms. The van der Waals surface area contributed by atoms with Crippen LogP contribution in [0.1, 0.15) is 17.5 Å². The number of hydrogen-bond acceptors (Lipinski definition) is 5. The summed E-state index contributed by atoms with van der Waals surface area (Å²) in [6, 6.07) is 11.9. The Hall–Kier alpha value is -2.40. The standard InChI is InChI=1S/C18H19NO4/c1-21-15-10-11(9-14(20)16(15)22-2)18-7-8-23-17(18)19-13-6-4-3-5-12(13)18/h3-6,9-10,17,19-20H,7-8H2,1-2H3/t17-,18+/m1/s1. The lowest BCUT2D eigenvalue weighted by Gasteiger charge is -2.29. The van der Waals surface area contributed by atoms with Gasteiger partial charge in [0.05, 0.1) is 26.2 Å². The highest BCUT2D eigenvalue weighted by Crippen LogP contribution is 2.54. The molecule has 1 fully saturated rings. The monoisotopic (exact) mass is 313 g/mol. The number of nitrogens with one attached hydrogen (secondary N) is 1. The van der Waals surface area contributed by atoms with Crippen molar-refractivity contribution in [2.45, 2.75) is 18.1 Å². The second-order valence-electron chi connectivity index (χ2n) is 5.89. The molecule has 120 valence electrons. The lowest BCUT2D eigenvalue weighted by Crippen LogP contribution is -2.35. The van der Waals surface area contributed by atoms with Crippen molar-refractivity contribution in [2.24, 2.45) is 0 Å². The first-order valence-corrected chi connectivity index (χ1v) is 7.64. The van der Waals surface area contributed by atoms with E-state index >= 15 is 0 Å². The minimum atomic E-state index is -0.326. The van der Waals surface area contributed by atoms with E-state index in [-0.39, 0.29) is 17.4 Å². The summed E-state index contributed by atoms with van der Waals surface area (Å²) in [7, 11) is 3.09. The molecule has 2 aliphatic heterocycles. The van der Waals surface area contributed by atoms with Crippen LogP contribution >= 0.6 is 0 Å². The lowest BCUT2D eigenvalue weighted by molar-refractivity contribution is 0.116. The van der Waals surface area contributed by atoms with Crippen LogP contribution in [0.4, 0.5) is 5.69 Å². The van der Waals surface area contributed by atoms with Gasteiger partial charge in [0.1, 0.15) is 6.23 Å². The molecule has 0 amide bonds. The van der Waals surface area contributed by atoms with Crippen LogP contribution in [0.15, 0.2) is 36.4 Å². The number of phenols is 1. The number of benzene rings is 2. The topological polar surface area (TPSA) is 60.0 Å².